The zero-order valence-electron chi connectivity index (χ0n) is 19.3. The number of aryl methyl sites for hydroxylation is 3. The van der Waals surface area contributed by atoms with Crippen LogP contribution in [0.4, 0.5) is 0 Å². The van der Waals surface area contributed by atoms with Crippen LogP contribution in [-0.2, 0) is 32.6 Å². The Hall–Kier alpha value is -0.977. The molecular formula is C25H31Br2N4Ru. The minimum atomic E-state index is -0.316. The van der Waals surface area contributed by atoms with Crippen molar-refractivity contribution >= 4 is 0 Å². The molecular weight excluding hydrogens is 617 g/mol. The van der Waals surface area contributed by atoms with Crippen molar-refractivity contribution in [2.45, 2.75) is 53.8 Å². The molecule has 1 N–H and O–H groups in total. The van der Waals surface area contributed by atoms with Crippen LogP contribution in [0.25, 0.3) is 5.73 Å². The van der Waals surface area contributed by atoms with Crippen LogP contribution in [-0.4, -0.2) is 21.4 Å². The van der Waals surface area contributed by atoms with Crippen LogP contribution in [0.5, 0.6) is 0 Å². The number of nitrogens with zero attached hydrogens (tertiary/aromatic N) is 3. The van der Waals surface area contributed by atoms with Crippen molar-refractivity contribution in [3.8, 4) is 0 Å². The molecule has 3 aromatic rings. The SMILES string of the molecule is Cc1cccc(CN(Cc2cccc(C)n2)CC([NH-])c2ccc(C)c(C)c2C)n1.[Br-].[Br-].[Ru+3]. The number of nitrogens with one attached hydrogen (secondary N) is 1. The van der Waals surface area contributed by atoms with Gasteiger partial charge in [-0.3, -0.25) is 14.9 Å². The molecule has 7 heteroatoms. The molecule has 1 unspecified atom stereocenters. The third-order valence-corrected chi connectivity index (χ3v) is 5.58. The minimum absolute atomic E-state index is 0. The predicted molar refractivity (Wildman–Crippen MR) is 120 cm³/mol. The van der Waals surface area contributed by atoms with Gasteiger partial charge in [-0.2, -0.15) is 0 Å². The fraction of sp³-hybridized carbons (Fsp3) is 0.360. The summed E-state index contributed by atoms with van der Waals surface area (Å²) in [6, 6.07) is 16.2. The van der Waals surface area contributed by atoms with Gasteiger partial charge in [0, 0.05) is 24.5 Å². The van der Waals surface area contributed by atoms with E-state index < -0.39 is 0 Å². The second kappa shape index (κ2) is 14.3. The molecule has 0 saturated carbocycles. The maximum absolute atomic E-state index is 8.89. The number of benzene rings is 1. The van der Waals surface area contributed by atoms with Crippen LogP contribution < -0.4 is 34.0 Å². The topological polar surface area (TPSA) is 52.8 Å². The van der Waals surface area contributed by atoms with Crippen molar-refractivity contribution in [2.24, 2.45) is 0 Å². The van der Waals surface area contributed by atoms with E-state index in [0.29, 0.717) is 19.6 Å². The third kappa shape index (κ3) is 8.42. The van der Waals surface area contributed by atoms with Gasteiger partial charge in [-0.1, -0.05) is 35.9 Å². The van der Waals surface area contributed by atoms with Crippen molar-refractivity contribution < 1.29 is 53.4 Å². The molecule has 0 aliphatic heterocycles. The van der Waals surface area contributed by atoms with Crippen LogP contribution in [0.3, 0.4) is 0 Å². The molecule has 0 bridgehead atoms. The van der Waals surface area contributed by atoms with E-state index in [9.17, 15) is 0 Å². The molecule has 2 aromatic heterocycles. The summed E-state index contributed by atoms with van der Waals surface area (Å²) in [6.45, 7) is 12.5. The summed E-state index contributed by atoms with van der Waals surface area (Å²) in [6.07, 6.45) is 0. The van der Waals surface area contributed by atoms with Gasteiger partial charge in [0.1, 0.15) is 0 Å². The molecule has 173 valence electrons. The molecule has 3 rings (SSSR count). The summed E-state index contributed by atoms with van der Waals surface area (Å²) < 4.78 is 0. The van der Waals surface area contributed by atoms with E-state index in [1.54, 1.807) is 0 Å². The van der Waals surface area contributed by atoms with Gasteiger partial charge in [-0.05, 0) is 82.1 Å². The van der Waals surface area contributed by atoms with Gasteiger partial charge in [-0.15, -0.1) is 0 Å². The molecule has 2 heterocycles. The monoisotopic (exact) mass is 647 g/mol. The van der Waals surface area contributed by atoms with Crippen molar-refractivity contribution in [3.63, 3.8) is 0 Å². The van der Waals surface area contributed by atoms with E-state index in [4.69, 9.17) is 5.73 Å². The van der Waals surface area contributed by atoms with E-state index in [-0.39, 0.29) is 59.5 Å². The minimum Gasteiger partial charge on any atom is -1.00 e. The molecule has 0 amide bonds. The summed E-state index contributed by atoms with van der Waals surface area (Å²) in [4.78, 5) is 11.6. The van der Waals surface area contributed by atoms with Crippen molar-refractivity contribution in [2.75, 3.05) is 6.54 Å². The number of hydrogen-bond donors (Lipinski definition) is 0. The van der Waals surface area contributed by atoms with E-state index in [0.717, 1.165) is 28.3 Å². The first-order valence-electron chi connectivity index (χ1n) is 10.2. The average molecular weight is 648 g/mol. The van der Waals surface area contributed by atoms with E-state index in [1.165, 1.54) is 16.7 Å². The first-order valence-corrected chi connectivity index (χ1v) is 10.2. The Balaban J connectivity index is 0.00000320. The number of pyridine rings is 2. The van der Waals surface area contributed by atoms with Crippen molar-refractivity contribution in [3.05, 3.63) is 99.3 Å². The summed E-state index contributed by atoms with van der Waals surface area (Å²) in [5.41, 5.74) is 17.9. The quantitative estimate of drug-likeness (QED) is 0.335. The Morgan fingerprint density at radius 3 is 1.72 bits per heavy atom. The number of hydrogen-bond acceptors (Lipinski definition) is 3. The molecule has 1 atom stereocenters. The summed E-state index contributed by atoms with van der Waals surface area (Å²) in [5, 5.41) is 0. The molecule has 0 aliphatic carbocycles. The summed E-state index contributed by atoms with van der Waals surface area (Å²) in [7, 11) is 0. The smallest absolute Gasteiger partial charge is 1.00 e. The Morgan fingerprint density at radius 1 is 0.750 bits per heavy atom. The van der Waals surface area contributed by atoms with E-state index in [2.05, 4.69) is 59.9 Å². The first-order chi connectivity index (χ1) is 13.8. The zero-order valence-corrected chi connectivity index (χ0v) is 24.2. The number of aromatic nitrogens is 2. The van der Waals surface area contributed by atoms with Gasteiger partial charge in [0.2, 0.25) is 0 Å². The van der Waals surface area contributed by atoms with Crippen LogP contribution in [0, 0.1) is 34.6 Å². The first kappa shape index (κ1) is 31.0. The normalized spacial score (nSPS) is 11.2. The van der Waals surface area contributed by atoms with E-state index in [1.807, 2.05) is 38.1 Å². The average Bonchev–Trinajstić information content (AvgIpc) is 2.66. The molecule has 32 heavy (non-hydrogen) atoms. The van der Waals surface area contributed by atoms with Crippen LogP contribution in [0.1, 0.15) is 51.1 Å². The Bertz CT molecular complexity index is 950. The van der Waals surface area contributed by atoms with Gasteiger partial charge >= 0.3 is 19.5 Å². The fourth-order valence-corrected chi connectivity index (χ4v) is 3.73. The second-order valence-electron chi connectivity index (χ2n) is 7.98. The summed E-state index contributed by atoms with van der Waals surface area (Å²) >= 11 is 0. The standard InChI is InChI=1S/C25H31N4.2BrH.Ru/c1-17-12-13-24(21(5)20(17)4)25(26)16-29(14-22-10-6-8-18(2)27-22)15-23-11-7-9-19(3)28-23;;;/h6-13,25-26H,14-16H2,1-5H3;2*1H;/q-1;;;+3/p-2. The fourth-order valence-electron chi connectivity index (χ4n) is 3.73. The van der Waals surface area contributed by atoms with Gasteiger partial charge < -0.3 is 39.7 Å². The van der Waals surface area contributed by atoms with Crippen LogP contribution in [0.2, 0.25) is 0 Å². The van der Waals surface area contributed by atoms with E-state index >= 15 is 0 Å². The molecule has 1 radical (unpaired) electrons. The van der Waals surface area contributed by atoms with Crippen molar-refractivity contribution in [1.29, 1.82) is 0 Å². The Morgan fingerprint density at radius 2 is 1.25 bits per heavy atom. The predicted octanol–water partition coefficient (Wildman–Crippen LogP) is -0.180. The maximum atomic E-state index is 8.89. The molecule has 1 aromatic carbocycles. The largest absolute Gasteiger partial charge is 3.00 e. The van der Waals surface area contributed by atoms with Gasteiger partial charge in [0.05, 0.1) is 11.4 Å². The Kier molecular flexibility index (Phi) is 13.9. The summed E-state index contributed by atoms with van der Waals surface area (Å²) in [5.74, 6) is 0. The van der Waals surface area contributed by atoms with Gasteiger partial charge in [0.15, 0.2) is 0 Å². The molecule has 0 spiro atoms. The Labute approximate surface area is 226 Å². The van der Waals surface area contributed by atoms with Crippen molar-refractivity contribution in [1.82, 2.24) is 14.9 Å². The molecule has 0 saturated heterocycles. The van der Waals surface area contributed by atoms with Gasteiger partial charge in [0.25, 0.3) is 0 Å². The van der Waals surface area contributed by atoms with Gasteiger partial charge in [-0.25, -0.2) is 0 Å². The van der Waals surface area contributed by atoms with Crippen LogP contribution in [0.15, 0.2) is 48.5 Å². The zero-order chi connectivity index (χ0) is 21.0. The number of rotatable bonds is 7. The molecule has 0 fully saturated rings. The molecule has 4 nitrogen and oxygen atoms in total. The third-order valence-electron chi connectivity index (χ3n) is 5.58. The maximum Gasteiger partial charge on any atom is 3.00 e. The molecule has 0 aliphatic rings. The second-order valence-corrected chi connectivity index (χ2v) is 7.98. The number of halogens is 2. The van der Waals surface area contributed by atoms with Crippen LogP contribution >= 0.6 is 0 Å².